The summed E-state index contributed by atoms with van der Waals surface area (Å²) in [6.07, 6.45) is 6.88. The molecule has 1 N–H and O–H groups in total. The van der Waals surface area contributed by atoms with Gasteiger partial charge in [-0.3, -0.25) is 0 Å². The maximum absolute atomic E-state index is 5.88. The van der Waals surface area contributed by atoms with Crippen molar-refractivity contribution in [2.45, 2.75) is 0 Å². The molecule has 2 aliphatic heterocycles. The standard InChI is InChI=1S/C7H5Cl2N3/c8-6-3-11-12(9)7-4-10-2-1-5(6)7/h1-4,10H. The molecule has 0 aromatic heterocycles. The molecule has 0 bridgehead atoms. The molecule has 0 saturated heterocycles. The quantitative estimate of drug-likeness (QED) is 0.607. The first-order chi connectivity index (χ1) is 5.79. The van der Waals surface area contributed by atoms with Crippen molar-refractivity contribution in [1.29, 1.82) is 0 Å². The summed E-state index contributed by atoms with van der Waals surface area (Å²) in [4.78, 5) is 0. The molecule has 2 rings (SSSR count). The summed E-state index contributed by atoms with van der Waals surface area (Å²) in [7, 11) is 0. The van der Waals surface area contributed by atoms with Crippen LogP contribution in [0.1, 0.15) is 0 Å². The first-order valence-corrected chi connectivity index (χ1v) is 4.03. The maximum atomic E-state index is 5.88. The van der Waals surface area contributed by atoms with E-state index in [1.165, 1.54) is 10.7 Å². The fourth-order valence-electron chi connectivity index (χ4n) is 1.01. The Morgan fingerprint density at radius 3 is 3.08 bits per heavy atom. The predicted molar refractivity (Wildman–Crippen MR) is 49.4 cm³/mol. The van der Waals surface area contributed by atoms with Crippen LogP contribution in [0.2, 0.25) is 0 Å². The number of halogens is 2. The predicted octanol–water partition coefficient (Wildman–Crippen LogP) is 1.89. The van der Waals surface area contributed by atoms with Crippen LogP contribution in [0.5, 0.6) is 0 Å². The second-order valence-electron chi connectivity index (χ2n) is 2.30. The van der Waals surface area contributed by atoms with Gasteiger partial charge < -0.3 is 5.32 Å². The minimum absolute atomic E-state index is 0.593. The van der Waals surface area contributed by atoms with Crippen LogP contribution in [0.4, 0.5) is 0 Å². The first-order valence-electron chi connectivity index (χ1n) is 3.32. The van der Waals surface area contributed by atoms with Crippen LogP contribution >= 0.6 is 23.4 Å². The number of rotatable bonds is 0. The van der Waals surface area contributed by atoms with Crippen molar-refractivity contribution in [3.8, 4) is 0 Å². The molecule has 0 radical (unpaired) electrons. The van der Waals surface area contributed by atoms with Gasteiger partial charge in [0, 0.05) is 29.7 Å². The van der Waals surface area contributed by atoms with Gasteiger partial charge in [0.05, 0.1) is 11.2 Å². The van der Waals surface area contributed by atoms with E-state index in [1.807, 2.05) is 6.08 Å². The van der Waals surface area contributed by atoms with E-state index in [2.05, 4.69) is 10.4 Å². The number of hydrazone groups is 1. The van der Waals surface area contributed by atoms with Crippen molar-refractivity contribution < 1.29 is 0 Å². The lowest BCUT2D eigenvalue weighted by atomic mass is 10.1. The van der Waals surface area contributed by atoms with Gasteiger partial charge in [0.25, 0.3) is 0 Å². The van der Waals surface area contributed by atoms with Crippen LogP contribution in [-0.4, -0.2) is 10.7 Å². The van der Waals surface area contributed by atoms with E-state index in [4.69, 9.17) is 23.4 Å². The molecular weight excluding hydrogens is 197 g/mol. The zero-order chi connectivity index (χ0) is 8.55. The highest BCUT2D eigenvalue weighted by atomic mass is 35.5. The third kappa shape index (κ3) is 1.11. The normalized spacial score (nSPS) is 20.5. The SMILES string of the molecule is ClC1=C2C=CNC=C2N(Cl)N=C1. The van der Waals surface area contributed by atoms with Crippen LogP contribution in [0.25, 0.3) is 0 Å². The zero-order valence-electron chi connectivity index (χ0n) is 5.96. The molecular formula is C7H5Cl2N3. The summed E-state index contributed by atoms with van der Waals surface area (Å²) < 4.78 is 1.25. The molecule has 0 fully saturated rings. The second-order valence-corrected chi connectivity index (χ2v) is 3.02. The summed E-state index contributed by atoms with van der Waals surface area (Å²) >= 11 is 11.6. The topological polar surface area (TPSA) is 27.6 Å². The number of hydrogen-bond acceptors (Lipinski definition) is 3. The Hall–Kier alpha value is -0.930. The average molecular weight is 202 g/mol. The van der Waals surface area contributed by atoms with Crippen LogP contribution in [-0.2, 0) is 0 Å². The molecule has 3 nitrogen and oxygen atoms in total. The Kier molecular flexibility index (Phi) is 1.83. The summed E-state index contributed by atoms with van der Waals surface area (Å²) in [6.45, 7) is 0. The summed E-state index contributed by atoms with van der Waals surface area (Å²) in [6, 6.07) is 0. The number of allylic oxidation sites excluding steroid dienone is 2. The zero-order valence-corrected chi connectivity index (χ0v) is 7.47. The van der Waals surface area contributed by atoms with E-state index in [0.717, 1.165) is 11.3 Å². The van der Waals surface area contributed by atoms with Gasteiger partial charge in [0.1, 0.15) is 5.70 Å². The van der Waals surface area contributed by atoms with Crippen LogP contribution in [0.3, 0.4) is 0 Å². The summed E-state index contributed by atoms with van der Waals surface area (Å²) in [5.74, 6) is 0. The molecule has 0 aliphatic carbocycles. The Morgan fingerprint density at radius 2 is 2.33 bits per heavy atom. The average Bonchev–Trinajstić information content (AvgIpc) is 2.12. The van der Waals surface area contributed by atoms with Gasteiger partial charge >= 0.3 is 0 Å². The van der Waals surface area contributed by atoms with Gasteiger partial charge in [0.2, 0.25) is 0 Å². The van der Waals surface area contributed by atoms with Crippen molar-refractivity contribution in [2.24, 2.45) is 5.10 Å². The lowest BCUT2D eigenvalue weighted by Gasteiger charge is -2.21. The molecule has 62 valence electrons. The summed E-state index contributed by atoms with van der Waals surface area (Å²) in [5.41, 5.74) is 1.63. The Bertz CT molecular complexity index is 328. The van der Waals surface area contributed by atoms with Gasteiger partial charge in [-0.15, -0.1) is 0 Å². The smallest absolute Gasteiger partial charge is 0.103 e. The minimum Gasteiger partial charge on any atom is -0.366 e. The van der Waals surface area contributed by atoms with E-state index in [1.54, 1.807) is 12.4 Å². The minimum atomic E-state index is 0.593. The van der Waals surface area contributed by atoms with E-state index in [9.17, 15) is 0 Å². The molecule has 0 aromatic rings. The molecule has 0 atom stereocenters. The van der Waals surface area contributed by atoms with E-state index in [0.29, 0.717) is 5.03 Å². The van der Waals surface area contributed by atoms with Crippen molar-refractivity contribution >= 4 is 29.6 Å². The summed E-state index contributed by atoms with van der Waals surface area (Å²) in [5, 5.41) is 7.33. The molecule has 0 spiro atoms. The molecule has 5 heteroatoms. The molecule has 0 saturated carbocycles. The number of dihydropyridines is 1. The van der Waals surface area contributed by atoms with Crippen molar-refractivity contribution in [2.75, 3.05) is 0 Å². The highest BCUT2D eigenvalue weighted by Crippen LogP contribution is 2.28. The van der Waals surface area contributed by atoms with E-state index >= 15 is 0 Å². The third-order valence-electron chi connectivity index (χ3n) is 1.57. The van der Waals surface area contributed by atoms with Gasteiger partial charge in [-0.05, 0) is 6.08 Å². The molecule has 0 unspecified atom stereocenters. The molecule has 0 aromatic carbocycles. The molecule has 2 aliphatic rings. The van der Waals surface area contributed by atoms with Crippen molar-refractivity contribution in [1.82, 2.24) is 9.84 Å². The number of nitrogens with zero attached hydrogens (tertiary/aromatic N) is 2. The van der Waals surface area contributed by atoms with E-state index in [-0.39, 0.29) is 0 Å². The van der Waals surface area contributed by atoms with Crippen LogP contribution in [0, 0.1) is 0 Å². The monoisotopic (exact) mass is 201 g/mol. The number of fused-ring (bicyclic) bond motifs is 1. The Balaban J connectivity index is 2.49. The highest BCUT2D eigenvalue weighted by molar-refractivity contribution is 6.40. The Labute approximate surface area is 79.7 Å². The van der Waals surface area contributed by atoms with Gasteiger partial charge in [-0.25, -0.2) is 0 Å². The lowest BCUT2D eigenvalue weighted by Crippen LogP contribution is -2.17. The first kappa shape index (κ1) is 7.71. The fraction of sp³-hybridized carbons (Fsp3) is 0. The van der Waals surface area contributed by atoms with E-state index < -0.39 is 0 Å². The largest absolute Gasteiger partial charge is 0.366 e. The van der Waals surface area contributed by atoms with Crippen molar-refractivity contribution in [3.63, 3.8) is 0 Å². The molecule has 2 heterocycles. The van der Waals surface area contributed by atoms with Gasteiger partial charge in [-0.2, -0.15) is 9.63 Å². The number of hydrogen-bond donors (Lipinski definition) is 1. The molecule has 0 amide bonds. The second kappa shape index (κ2) is 2.84. The number of nitrogens with one attached hydrogen (secondary N) is 1. The lowest BCUT2D eigenvalue weighted by molar-refractivity contribution is 0.602. The highest BCUT2D eigenvalue weighted by Gasteiger charge is 2.18. The molecule has 12 heavy (non-hydrogen) atoms. The van der Waals surface area contributed by atoms with Gasteiger partial charge in [0.15, 0.2) is 0 Å². The van der Waals surface area contributed by atoms with Crippen LogP contribution < -0.4 is 5.32 Å². The van der Waals surface area contributed by atoms with Crippen molar-refractivity contribution in [3.05, 3.63) is 34.8 Å². The fourth-order valence-corrected chi connectivity index (χ4v) is 1.40. The third-order valence-corrected chi connectivity index (χ3v) is 2.14. The maximum Gasteiger partial charge on any atom is 0.103 e. The van der Waals surface area contributed by atoms with Crippen LogP contribution in [0.15, 0.2) is 39.9 Å². The Morgan fingerprint density at radius 1 is 1.50 bits per heavy atom. The van der Waals surface area contributed by atoms with Gasteiger partial charge in [-0.1, -0.05) is 11.6 Å².